The molecule has 1 unspecified atom stereocenters. The summed E-state index contributed by atoms with van der Waals surface area (Å²) in [5.74, 6) is 0.106. The fourth-order valence-corrected chi connectivity index (χ4v) is 4.16. The van der Waals surface area contributed by atoms with Gasteiger partial charge in [-0.05, 0) is 62.5 Å². The molecule has 2 heterocycles. The number of benzene rings is 1. The Bertz CT molecular complexity index is 587. The molecule has 23 heavy (non-hydrogen) atoms. The van der Waals surface area contributed by atoms with Crippen molar-refractivity contribution < 1.29 is 4.79 Å². The van der Waals surface area contributed by atoms with Gasteiger partial charge >= 0.3 is 0 Å². The molecule has 0 saturated carbocycles. The maximum atomic E-state index is 12.6. The van der Waals surface area contributed by atoms with Crippen molar-refractivity contribution in [3.05, 3.63) is 33.8 Å². The van der Waals surface area contributed by atoms with Crippen molar-refractivity contribution in [2.75, 3.05) is 26.7 Å². The summed E-state index contributed by atoms with van der Waals surface area (Å²) in [6.45, 7) is 3.62. The Labute approximate surface area is 147 Å². The molecule has 2 saturated heterocycles. The van der Waals surface area contributed by atoms with E-state index in [4.69, 9.17) is 23.2 Å². The number of likely N-dealkylation sites (N-methyl/N-ethyl adjacent to an activating group) is 1. The summed E-state index contributed by atoms with van der Waals surface area (Å²) >= 11 is 11.9. The first-order valence-corrected chi connectivity index (χ1v) is 8.87. The molecule has 2 N–H and O–H groups in total. The average Bonchev–Trinajstić information content (AvgIpc) is 2.85. The number of amides is 1. The molecule has 1 atom stereocenters. The quantitative estimate of drug-likeness (QED) is 0.875. The van der Waals surface area contributed by atoms with Crippen LogP contribution in [0.3, 0.4) is 0 Å². The molecule has 0 bridgehead atoms. The summed E-state index contributed by atoms with van der Waals surface area (Å²) in [5, 5.41) is 7.50. The highest BCUT2D eigenvalue weighted by Gasteiger charge is 2.45. The second-order valence-electron chi connectivity index (χ2n) is 6.85. The summed E-state index contributed by atoms with van der Waals surface area (Å²) in [6.07, 6.45) is 3.28. The third-order valence-corrected chi connectivity index (χ3v) is 5.90. The van der Waals surface area contributed by atoms with Crippen molar-refractivity contribution >= 4 is 29.1 Å². The van der Waals surface area contributed by atoms with E-state index in [2.05, 4.69) is 22.6 Å². The summed E-state index contributed by atoms with van der Waals surface area (Å²) in [7, 11) is 2.06. The van der Waals surface area contributed by atoms with Gasteiger partial charge in [0.25, 0.3) is 0 Å². The van der Waals surface area contributed by atoms with Crippen LogP contribution in [-0.4, -0.2) is 43.5 Å². The van der Waals surface area contributed by atoms with E-state index in [0.717, 1.165) is 44.5 Å². The van der Waals surface area contributed by atoms with Crippen LogP contribution in [0.2, 0.25) is 10.0 Å². The lowest BCUT2D eigenvalue weighted by Gasteiger charge is -2.33. The predicted molar refractivity (Wildman–Crippen MR) is 93.9 cm³/mol. The van der Waals surface area contributed by atoms with Gasteiger partial charge in [-0.3, -0.25) is 9.69 Å². The third-order valence-electron chi connectivity index (χ3n) is 5.16. The zero-order chi connectivity index (χ0) is 16.4. The van der Waals surface area contributed by atoms with Gasteiger partial charge < -0.3 is 10.6 Å². The van der Waals surface area contributed by atoms with Gasteiger partial charge in [0.2, 0.25) is 5.91 Å². The minimum Gasteiger partial charge on any atom is -0.351 e. The number of hydrogen-bond acceptors (Lipinski definition) is 3. The lowest BCUT2D eigenvalue weighted by atomic mass is 9.77. The highest BCUT2D eigenvalue weighted by molar-refractivity contribution is 6.42. The lowest BCUT2D eigenvalue weighted by Crippen LogP contribution is -2.41. The molecule has 1 amide bonds. The topological polar surface area (TPSA) is 44.4 Å². The number of nitrogens with one attached hydrogen (secondary N) is 2. The molecule has 126 valence electrons. The monoisotopic (exact) mass is 355 g/mol. The summed E-state index contributed by atoms with van der Waals surface area (Å²) in [4.78, 5) is 14.8. The zero-order valence-corrected chi connectivity index (χ0v) is 14.9. The van der Waals surface area contributed by atoms with Crippen LogP contribution >= 0.6 is 23.2 Å². The minimum absolute atomic E-state index is 0.0316. The van der Waals surface area contributed by atoms with Crippen molar-refractivity contribution in [2.45, 2.75) is 31.8 Å². The number of carbonyl (C=O) groups excluding carboxylic acids is 1. The van der Waals surface area contributed by atoms with E-state index in [0.29, 0.717) is 22.0 Å². The first-order valence-electron chi connectivity index (χ1n) is 8.12. The smallest absolute Gasteiger partial charge is 0.237 e. The van der Waals surface area contributed by atoms with E-state index in [-0.39, 0.29) is 11.9 Å². The predicted octanol–water partition coefficient (Wildman–Crippen LogP) is 2.68. The normalized spacial score (nSPS) is 24.0. The van der Waals surface area contributed by atoms with Crippen LogP contribution in [0.4, 0.5) is 0 Å². The van der Waals surface area contributed by atoms with Crippen LogP contribution in [0.25, 0.3) is 0 Å². The first kappa shape index (κ1) is 17.0. The molecule has 3 rings (SSSR count). The van der Waals surface area contributed by atoms with Crippen LogP contribution in [-0.2, 0) is 11.3 Å². The SMILES string of the molecule is CN1CC2(CCNCC2)CC1C(=O)NCc1ccc(Cl)c(Cl)c1. The number of halogens is 2. The van der Waals surface area contributed by atoms with E-state index in [9.17, 15) is 4.79 Å². The Morgan fingerprint density at radius 2 is 2.09 bits per heavy atom. The molecule has 1 aromatic carbocycles. The van der Waals surface area contributed by atoms with E-state index in [1.165, 1.54) is 0 Å². The first-order chi connectivity index (χ1) is 11.0. The second-order valence-corrected chi connectivity index (χ2v) is 7.67. The molecule has 0 radical (unpaired) electrons. The van der Waals surface area contributed by atoms with Gasteiger partial charge in [0.15, 0.2) is 0 Å². The van der Waals surface area contributed by atoms with Gasteiger partial charge in [-0.15, -0.1) is 0 Å². The van der Waals surface area contributed by atoms with E-state index in [1.54, 1.807) is 12.1 Å². The van der Waals surface area contributed by atoms with Gasteiger partial charge in [-0.25, -0.2) is 0 Å². The van der Waals surface area contributed by atoms with Gasteiger partial charge in [0.05, 0.1) is 16.1 Å². The summed E-state index contributed by atoms with van der Waals surface area (Å²) in [5.41, 5.74) is 1.27. The largest absolute Gasteiger partial charge is 0.351 e. The maximum absolute atomic E-state index is 12.6. The Balaban J connectivity index is 1.58. The van der Waals surface area contributed by atoms with Gasteiger partial charge in [0, 0.05) is 13.1 Å². The van der Waals surface area contributed by atoms with Crippen LogP contribution in [0.15, 0.2) is 18.2 Å². The number of likely N-dealkylation sites (tertiary alicyclic amines) is 1. The van der Waals surface area contributed by atoms with E-state index in [1.807, 2.05) is 6.07 Å². The van der Waals surface area contributed by atoms with Crippen LogP contribution in [0, 0.1) is 5.41 Å². The van der Waals surface area contributed by atoms with Gasteiger partial charge in [0.1, 0.15) is 0 Å². The number of piperidine rings is 1. The van der Waals surface area contributed by atoms with Gasteiger partial charge in [-0.1, -0.05) is 29.3 Å². The Morgan fingerprint density at radius 3 is 2.78 bits per heavy atom. The maximum Gasteiger partial charge on any atom is 0.237 e. The van der Waals surface area contributed by atoms with Crippen molar-refractivity contribution in [1.82, 2.24) is 15.5 Å². The number of rotatable bonds is 3. The van der Waals surface area contributed by atoms with Crippen molar-refractivity contribution in [3.63, 3.8) is 0 Å². The Morgan fingerprint density at radius 1 is 1.35 bits per heavy atom. The van der Waals surface area contributed by atoms with Crippen molar-refractivity contribution in [2.24, 2.45) is 5.41 Å². The molecule has 4 nitrogen and oxygen atoms in total. The fourth-order valence-electron chi connectivity index (χ4n) is 3.84. The molecular formula is C17H23Cl2N3O. The average molecular weight is 356 g/mol. The zero-order valence-electron chi connectivity index (χ0n) is 13.4. The van der Waals surface area contributed by atoms with Crippen molar-refractivity contribution in [1.29, 1.82) is 0 Å². The lowest BCUT2D eigenvalue weighted by molar-refractivity contribution is -0.125. The van der Waals surface area contributed by atoms with Crippen LogP contribution in [0.5, 0.6) is 0 Å². The molecule has 2 aliphatic heterocycles. The highest BCUT2D eigenvalue weighted by Crippen LogP contribution is 2.41. The van der Waals surface area contributed by atoms with Crippen LogP contribution < -0.4 is 10.6 Å². The van der Waals surface area contributed by atoms with Crippen molar-refractivity contribution in [3.8, 4) is 0 Å². The minimum atomic E-state index is -0.0316. The molecule has 2 fully saturated rings. The Hall–Kier alpha value is -0.810. The van der Waals surface area contributed by atoms with Gasteiger partial charge in [-0.2, -0.15) is 0 Å². The standard InChI is InChI=1S/C17H23Cl2N3O/c1-22-11-17(4-6-20-7-5-17)9-15(22)16(23)21-10-12-2-3-13(18)14(19)8-12/h2-3,8,15,20H,4-7,9-11H2,1H3,(H,21,23). The molecule has 6 heteroatoms. The number of hydrogen-bond donors (Lipinski definition) is 2. The molecule has 0 aromatic heterocycles. The summed E-state index contributed by atoms with van der Waals surface area (Å²) in [6, 6.07) is 5.42. The van der Waals surface area contributed by atoms with E-state index >= 15 is 0 Å². The van der Waals surface area contributed by atoms with Crippen LogP contribution in [0.1, 0.15) is 24.8 Å². The fraction of sp³-hybridized carbons (Fsp3) is 0.588. The Kier molecular flexibility index (Phi) is 5.16. The third kappa shape index (κ3) is 3.82. The molecule has 0 aliphatic carbocycles. The second kappa shape index (κ2) is 6.98. The molecule has 1 aromatic rings. The summed E-state index contributed by atoms with van der Waals surface area (Å²) < 4.78 is 0. The molecular weight excluding hydrogens is 333 g/mol. The van der Waals surface area contributed by atoms with E-state index < -0.39 is 0 Å². The highest BCUT2D eigenvalue weighted by atomic mass is 35.5. The number of carbonyl (C=O) groups is 1. The molecule has 2 aliphatic rings. The molecule has 1 spiro atoms. The number of nitrogens with zero attached hydrogens (tertiary/aromatic N) is 1.